The van der Waals surface area contributed by atoms with Gasteiger partial charge in [-0.1, -0.05) is 12.3 Å². The average Bonchev–Trinajstić information content (AvgIpc) is 1.97. The van der Waals surface area contributed by atoms with Crippen LogP contribution < -0.4 is 5.32 Å². The van der Waals surface area contributed by atoms with Gasteiger partial charge in [-0.15, -0.1) is 6.42 Å². The normalized spacial score (nSPS) is 6.00. The Morgan fingerprint density at radius 2 is 1.86 bits per heavy atom. The number of rotatable bonds is 4. The maximum absolute atomic E-state index is 10.7. The van der Waals surface area contributed by atoms with E-state index in [4.69, 9.17) is 12.2 Å². The third kappa shape index (κ3) is 23.2. The fourth-order valence-electron chi connectivity index (χ4n) is 0.487. The molecule has 5 nitrogen and oxygen atoms in total. The molecule has 0 aliphatic heterocycles. The summed E-state index contributed by atoms with van der Waals surface area (Å²) in [4.78, 5) is 10.7. The first-order valence-electron chi connectivity index (χ1n) is 3.16. The van der Waals surface area contributed by atoms with Crippen LogP contribution in [0.4, 0.5) is 0 Å². The SMILES string of the molecule is C#CCNC(=O)CCC[NH-].O.O.[Y].[Y]. The minimum atomic E-state index is -0.0646. The van der Waals surface area contributed by atoms with Crippen molar-refractivity contribution in [3.05, 3.63) is 5.73 Å². The molecule has 0 bridgehead atoms. The maximum atomic E-state index is 10.7. The summed E-state index contributed by atoms with van der Waals surface area (Å²) in [7, 11) is 0. The molecule has 2 radical (unpaired) electrons. The van der Waals surface area contributed by atoms with Crippen LogP contribution in [0.3, 0.4) is 0 Å². The van der Waals surface area contributed by atoms with Crippen molar-refractivity contribution in [3.8, 4) is 12.3 Å². The van der Waals surface area contributed by atoms with Gasteiger partial charge >= 0.3 is 0 Å². The molecule has 0 spiro atoms. The van der Waals surface area contributed by atoms with Gasteiger partial charge in [-0.05, 0) is 0 Å². The first-order valence-corrected chi connectivity index (χ1v) is 3.16. The average molecular weight is 353 g/mol. The standard InChI is InChI=1S/C7H11N2O.2H2O.2Y/c1-2-6-9-7(10)4-3-5-8;;;;/h1,8H,3-6H2,(H,9,10);2*1H2;;/q-1;;;;. The van der Waals surface area contributed by atoms with Crippen LogP contribution in [0.1, 0.15) is 12.8 Å². The zero-order valence-corrected chi connectivity index (χ0v) is 13.6. The Hall–Kier alpha value is 1.12. The van der Waals surface area contributed by atoms with Crippen LogP contribution in [-0.4, -0.2) is 29.9 Å². The molecule has 1 amide bonds. The summed E-state index contributed by atoms with van der Waals surface area (Å²) < 4.78 is 0. The van der Waals surface area contributed by atoms with Crippen LogP contribution in [0.2, 0.25) is 0 Å². The largest absolute Gasteiger partial charge is 0.677 e. The summed E-state index contributed by atoms with van der Waals surface area (Å²) in [5, 5.41) is 2.51. The first kappa shape index (κ1) is 29.4. The quantitative estimate of drug-likeness (QED) is 0.636. The van der Waals surface area contributed by atoms with Gasteiger partial charge in [0.15, 0.2) is 0 Å². The van der Waals surface area contributed by atoms with E-state index in [2.05, 4.69) is 11.2 Å². The molecule has 0 rings (SSSR count). The predicted molar refractivity (Wildman–Crippen MR) is 47.5 cm³/mol. The van der Waals surface area contributed by atoms with E-state index < -0.39 is 0 Å². The van der Waals surface area contributed by atoms with Gasteiger partial charge in [0.2, 0.25) is 5.91 Å². The molecule has 0 saturated carbocycles. The van der Waals surface area contributed by atoms with Crippen molar-refractivity contribution >= 4 is 5.91 Å². The number of carbonyl (C=O) groups is 1. The van der Waals surface area contributed by atoms with Gasteiger partial charge < -0.3 is 22.0 Å². The van der Waals surface area contributed by atoms with Crippen molar-refractivity contribution in [3.63, 3.8) is 0 Å². The van der Waals surface area contributed by atoms with Crippen molar-refractivity contribution in [2.24, 2.45) is 0 Å². The van der Waals surface area contributed by atoms with E-state index in [0.29, 0.717) is 19.4 Å². The molecule has 0 fully saturated rings. The molecular formula is C7H15N2O3Y2-. The molecule has 0 atom stereocenters. The number of carbonyl (C=O) groups excluding carboxylic acids is 1. The van der Waals surface area contributed by atoms with Crippen LogP contribution in [-0.2, 0) is 70.2 Å². The van der Waals surface area contributed by atoms with Crippen molar-refractivity contribution in [1.29, 1.82) is 0 Å². The van der Waals surface area contributed by atoms with E-state index in [1.807, 2.05) is 0 Å². The van der Waals surface area contributed by atoms with Gasteiger partial charge in [-0.2, -0.15) is 6.54 Å². The Bertz CT molecular complexity index is 150. The summed E-state index contributed by atoms with van der Waals surface area (Å²) in [6.07, 6.45) is 5.92. The van der Waals surface area contributed by atoms with E-state index in [1.54, 1.807) is 0 Å². The molecule has 14 heavy (non-hydrogen) atoms. The summed E-state index contributed by atoms with van der Waals surface area (Å²) in [5.41, 5.74) is 6.75. The molecule has 0 aromatic heterocycles. The number of nitrogens with one attached hydrogen (secondary N) is 2. The van der Waals surface area contributed by atoms with E-state index in [1.165, 1.54) is 0 Å². The van der Waals surface area contributed by atoms with Crippen LogP contribution in [0.25, 0.3) is 5.73 Å². The van der Waals surface area contributed by atoms with E-state index >= 15 is 0 Å². The van der Waals surface area contributed by atoms with Crippen LogP contribution in [0, 0.1) is 12.3 Å². The molecule has 0 saturated heterocycles. The number of amides is 1. The Morgan fingerprint density at radius 1 is 1.36 bits per heavy atom. The molecular weight excluding hydrogens is 338 g/mol. The van der Waals surface area contributed by atoms with Gasteiger partial charge in [-0.25, -0.2) is 0 Å². The molecule has 0 heterocycles. The third-order valence-electron chi connectivity index (χ3n) is 0.968. The third-order valence-corrected chi connectivity index (χ3v) is 0.968. The van der Waals surface area contributed by atoms with Crippen molar-refractivity contribution < 1.29 is 81.2 Å². The zero-order valence-electron chi connectivity index (χ0n) is 7.97. The second kappa shape index (κ2) is 23.7. The summed E-state index contributed by atoms with van der Waals surface area (Å²) in [6, 6.07) is 0. The number of terminal acetylenes is 1. The zero-order chi connectivity index (χ0) is 7.82. The van der Waals surface area contributed by atoms with Gasteiger partial charge in [0.1, 0.15) is 0 Å². The molecule has 0 aromatic carbocycles. The van der Waals surface area contributed by atoms with Gasteiger partial charge in [-0.3, -0.25) is 4.79 Å². The smallest absolute Gasteiger partial charge is 0.220 e. The summed E-state index contributed by atoms with van der Waals surface area (Å²) in [6.45, 7) is 0.584. The minimum Gasteiger partial charge on any atom is -0.677 e. The molecule has 0 unspecified atom stereocenters. The van der Waals surface area contributed by atoms with Crippen molar-refractivity contribution in [2.45, 2.75) is 12.8 Å². The Labute approximate surface area is 135 Å². The van der Waals surface area contributed by atoms with Crippen LogP contribution in [0.15, 0.2) is 0 Å². The molecule has 78 valence electrons. The van der Waals surface area contributed by atoms with E-state index in [9.17, 15) is 4.79 Å². The second-order valence-corrected chi connectivity index (χ2v) is 1.83. The van der Waals surface area contributed by atoms with E-state index in [-0.39, 0.29) is 88.8 Å². The molecule has 6 N–H and O–H groups in total. The number of hydrogen-bond donors (Lipinski definition) is 1. The summed E-state index contributed by atoms with van der Waals surface area (Å²) in [5.74, 6) is 2.23. The Morgan fingerprint density at radius 3 is 2.21 bits per heavy atom. The topological polar surface area (TPSA) is 116 Å². The fourth-order valence-corrected chi connectivity index (χ4v) is 0.487. The fraction of sp³-hybridized carbons (Fsp3) is 0.571. The Balaban J connectivity index is -0.0000000675. The van der Waals surface area contributed by atoms with E-state index in [0.717, 1.165) is 0 Å². The Kier molecular flexibility index (Phi) is 49.9. The van der Waals surface area contributed by atoms with Gasteiger partial charge in [0, 0.05) is 71.8 Å². The molecule has 7 heteroatoms. The molecule has 0 aromatic rings. The van der Waals surface area contributed by atoms with Gasteiger partial charge in [0.05, 0.1) is 6.54 Å². The first-order chi connectivity index (χ1) is 4.81. The minimum absolute atomic E-state index is 0. The molecule has 0 aliphatic rings. The molecule has 0 aliphatic carbocycles. The number of hydrogen-bond acceptors (Lipinski definition) is 1. The second-order valence-electron chi connectivity index (χ2n) is 1.83. The van der Waals surface area contributed by atoms with Gasteiger partial charge in [0.25, 0.3) is 0 Å². The maximum Gasteiger partial charge on any atom is 0.220 e. The van der Waals surface area contributed by atoms with Crippen molar-refractivity contribution in [1.82, 2.24) is 5.32 Å². The monoisotopic (exact) mass is 353 g/mol. The van der Waals surface area contributed by atoms with Crippen LogP contribution >= 0.6 is 0 Å². The van der Waals surface area contributed by atoms with Crippen molar-refractivity contribution in [2.75, 3.05) is 13.1 Å². The summed E-state index contributed by atoms with van der Waals surface area (Å²) >= 11 is 0. The predicted octanol–water partition coefficient (Wildman–Crippen LogP) is -1.09. The van der Waals surface area contributed by atoms with Crippen LogP contribution in [0.5, 0.6) is 0 Å².